The minimum absolute atomic E-state index is 0.201. The van der Waals surface area contributed by atoms with Crippen LogP contribution < -0.4 is 10.3 Å². The van der Waals surface area contributed by atoms with Gasteiger partial charge in [0.25, 0.3) is 5.56 Å². The van der Waals surface area contributed by atoms with Crippen LogP contribution in [0.1, 0.15) is 5.56 Å². The third-order valence-corrected chi connectivity index (χ3v) is 4.09. The van der Waals surface area contributed by atoms with Crippen LogP contribution in [0.4, 0.5) is 0 Å². The van der Waals surface area contributed by atoms with E-state index in [9.17, 15) is 9.90 Å². The lowest BCUT2D eigenvalue weighted by Gasteiger charge is -2.07. The largest absolute Gasteiger partial charge is 0.497 e. The topological polar surface area (TPSA) is 69.3 Å². The van der Waals surface area contributed by atoms with Crippen molar-refractivity contribution in [3.8, 4) is 5.75 Å². The smallest absolute Gasteiger partial charge is 0.277 e. The molecule has 0 saturated carbocycles. The lowest BCUT2D eigenvalue weighted by Crippen LogP contribution is -2.23. The molecule has 2 aromatic heterocycles. The molecule has 0 saturated heterocycles. The molecular weight excluding hydrogens is 350 g/mol. The SMILES string of the molecule is COc1ccc(Cn2ncc3c(c(Br)cn3CO)c2=O)cc1. The molecule has 114 valence electrons. The van der Waals surface area contributed by atoms with Crippen molar-refractivity contribution in [3.05, 3.63) is 57.0 Å². The Morgan fingerprint density at radius 1 is 1.32 bits per heavy atom. The Kier molecular flexibility index (Phi) is 4.00. The molecule has 0 fully saturated rings. The van der Waals surface area contributed by atoms with Gasteiger partial charge in [-0.25, -0.2) is 4.68 Å². The van der Waals surface area contributed by atoms with Gasteiger partial charge in [-0.2, -0.15) is 5.10 Å². The number of halogens is 1. The number of fused-ring (bicyclic) bond motifs is 1. The average Bonchev–Trinajstić information content (AvgIpc) is 2.87. The number of aromatic nitrogens is 3. The zero-order valence-corrected chi connectivity index (χ0v) is 13.4. The number of aliphatic hydroxyl groups excluding tert-OH is 1. The van der Waals surface area contributed by atoms with E-state index in [0.29, 0.717) is 21.9 Å². The summed E-state index contributed by atoms with van der Waals surface area (Å²) < 4.78 is 8.72. The molecule has 0 aliphatic carbocycles. The summed E-state index contributed by atoms with van der Waals surface area (Å²) in [5.74, 6) is 0.766. The maximum Gasteiger partial charge on any atom is 0.277 e. The lowest BCUT2D eigenvalue weighted by atomic mass is 10.2. The number of rotatable bonds is 4. The number of nitrogens with zero attached hydrogens (tertiary/aromatic N) is 3. The Morgan fingerprint density at radius 3 is 2.68 bits per heavy atom. The number of methoxy groups -OCH3 is 1. The number of benzene rings is 1. The molecule has 0 unspecified atom stereocenters. The van der Waals surface area contributed by atoms with E-state index in [2.05, 4.69) is 21.0 Å². The first-order valence-corrected chi connectivity index (χ1v) is 7.41. The number of hydrogen-bond donors (Lipinski definition) is 1. The van der Waals surface area contributed by atoms with Crippen molar-refractivity contribution in [1.29, 1.82) is 0 Å². The molecule has 1 N–H and O–H groups in total. The molecule has 0 radical (unpaired) electrons. The predicted octanol–water partition coefficient (Wildman–Crippen LogP) is 1.97. The highest BCUT2D eigenvalue weighted by Gasteiger charge is 2.13. The second-order valence-electron chi connectivity index (χ2n) is 4.80. The van der Waals surface area contributed by atoms with Gasteiger partial charge in [0.2, 0.25) is 0 Å². The summed E-state index contributed by atoms with van der Waals surface area (Å²) >= 11 is 3.36. The van der Waals surface area contributed by atoms with Crippen molar-refractivity contribution in [2.24, 2.45) is 0 Å². The molecule has 0 atom stereocenters. The van der Waals surface area contributed by atoms with E-state index < -0.39 is 0 Å². The zero-order chi connectivity index (χ0) is 15.7. The third-order valence-electron chi connectivity index (χ3n) is 3.49. The quantitative estimate of drug-likeness (QED) is 0.769. The molecule has 2 heterocycles. The van der Waals surface area contributed by atoms with Crippen LogP contribution in [-0.4, -0.2) is 26.6 Å². The minimum atomic E-state index is -0.203. The summed E-state index contributed by atoms with van der Waals surface area (Å²) in [7, 11) is 1.61. The van der Waals surface area contributed by atoms with Gasteiger partial charge in [-0.15, -0.1) is 0 Å². The minimum Gasteiger partial charge on any atom is -0.497 e. The first-order chi connectivity index (χ1) is 10.6. The molecular formula is C15H14BrN3O3. The van der Waals surface area contributed by atoms with Crippen molar-refractivity contribution >= 4 is 26.8 Å². The van der Waals surface area contributed by atoms with Crippen molar-refractivity contribution in [2.45, 2.75) is 13.3 Å². The van der Waals surface area contributed by atoms with Crippen LogP contribution in [0.15, 0.2) is 45.9 Å². The summed E-state index contributed by atoms with van der Waals surface area (Å²) in [6.45, 7) is 0.168. The second-order valence-corrected chi connectivity index (χ2v) is 5.66. The summed E-state index contributed by atoms with van der Waals surface area (Å²) in [6.07, 6.45) is 3.26. The number of hydrogen-bond acceptors (Lipinski definition) is 4. The third kappa shape index (κ3) is 2.53. The van der Waals surface area contributed by atoms with E-state index >= 15 is 0 Å². The molecule has 1 aromatic carbocycles. The highest BCUT2D eigenvalue weighted by Crippen LogP contribution is 2.22. The fourth-order valence-corrected chi connectivity index (χ4v) is 2.95. The van der Waals surface area contributed by atoms with Gasteiger partial charge in [-0.05, 0) is 33.6 Å². The molecule has 0 aliphatic heterocycles. The number of ether oxygens (including phenoxy) is 1. The molecule has 0 spiro atoms. The summed E-state index contributed by atoms with van der Waals surface area (Å²) in [5, 5.41) is 14.0. The van der Waals surface area contributed by atoms with Crippen LogP contribution in [-0.2, 0) is 13.3 Å². The van der Waals surface area contributed by atoms with E-state index in [1.54, 1.807) is 24.1 Å². The van der Waals surface area contributed by atoms with E-state index in [0.717, 1.165) is 11.3 Å². The van der Waals surface area contributed by atoms with Crippen molar-refractivity contribution in [1.82, 2.24) is 14.3 Å². The van der Waals surface area contributed by atoms with Gasteiger partial charge in [-0.3, -0.25) is 4.79 Å². The average molecular weight is 364 g/mol. The monoisotopic (exact) mass is 363 g/mol. The van der Waals surface area contributed by atoms with Crippen LogP contribution >= 0.6 is 15.9 Å². The standard InChI is InChI=1S/C15H14BrN3O3/c1-22-11-4-2-10(3-5-11)7-19-15(21)14-12(16)8-18(9-20)13(14)6-17-19/h2-6,8,20H,7,9H2,1H3. The Hall–Kier alpha value is -2.12. The van der Waals surface area contributed by atoms with E-state index in [4.69, 9.17) is 4.74 Å². The predicted molar refractivity (Wildman–Crippen MR) is 86.0 cm³/mol. The fraction of sp³-hybridized carbons (Fsp3) is 0.200. The van der Waals surface area contributed by atoms with Crippen LogP contribution in [0.5, 0.6) is 5.75 Å². The van der Waals surface area contributed by atoms with Crippen LogP contribution in [0.2, 0.25) is 0 Å². The van der Waals surface area contributed by atoms with Gasteiger partial charge in [0, 0.05) is 10.7 Å². The van der Waals surface area contributed by atoms with Crippen LogP contribution in [0, 0.1) is 0 Å². The summed E-state index contributed by atoms with van der Waals surface area (Å²) in [6, 6.07) is 7.48. The summed E-state index contributed by atoms with van der Waals surface area (Å²) in [5.41, 5.74) is 1.35. The normalized spacial score (nSPS) is 11.0. The van der Waals surface area contributed by atoms with Gasteiger partial charge in [0.05, 0.1) is 30.8 Å². The van der Waals surface area contributed by atoms with Gasteiger partial charge in [0.1, 0.15) is 12.5 Å². The van der Waals surface area contributed by atoms with E-state index in [1.807, 2.05) is 24.3 Å². The van der Waals surface area contributed by atoms with Crippen molar-refractivity contribution in [2.75, 3.05) is 7.11 Å². The molecule has 0 amide bonds. The lowest BCUT2D eigenvalue weighted by molar-refractivity contribution is 0.215. The molecule has 3 aromatic rings. The van der Waals surface area contributed by atoms with Crippen molar-refractivity contribution in [3.63, 3.8) is 0 Å². The first kappa shape index (κ1) is 14.8. The van der Waals surface area contributed by atoms with Gasteiger partial charge in [0.15, 0.2) is 0 Å². The summed E-state index contributed by atoms with van der Waals surface area (Å²) in [4.78, 5) is 12.6. The second kappa shape index (κ2) is 5.94. The maximum atomic E-state index is 12.6. The highest BCUT2D eigenvalue weighted by atomic mass is 79.9. The molecule has 0 bridgehead atoms. The molecule has 0 aliphatic rings. The van der Waals surface area contributed by atoms with Crippen LogP contribution in [0.3, 0.4) is 0 Å². The van der Waals surface area contributed by atoms with Gasteiger partial charge in [-0.1, -0.05) is 12.1 Å². The van der Waals surface area contributed by atoms with Crippen molar-refractivity contribution < 1.29 is 9.84 Å². The van der Waals surface area contributed by atoms with Gasteiger partial charge < -0.3 is 14.4 Å². The molecule has 6 nitrogen and oxygen atoms in total. The maximum absolute atomic E-state index is 12.6. The highest BCUT2D eigenvalue weighted by molar-refractivity contribution is 9.10. The molecule has 3 rings (SSSR count). The first-order valence-electron chi connectivity index (χ1n) is 6.62. The fourth-order valence-electron chi connectivity index (χ4n) is 2.33. The Morgan fingerprint density at radius 2 is 2.05 bits per heavy atom. The van der Waals surface area contributed by atoms with E-state index in [-0.39, 0.29) is 12.3 Å². The number of aliphatic hydroxyl groups is 1. The van der Waals surface area contributed by atoms with E-state index in [1.165, 1.54) is 4.68 Å². The molecule has 7 heteroatoms. The Bertz CT molecular complexity index is 868. The van der Waals surface area contributed by atoms with Crippen LogP contribution in [0.25, 0.3) is 10.9 Å². The van der Waals surface area contributed by atoms with Gasteiger partial charge >= 0.3 is 0 Å². The zero-order valence-electron chi connectivity index (χ0n) is 11.9. The Labute approximate surface area is 134 Å². The Balaban J connectivity index is 2.02. The molecule has 22 heavy (non-hydrogen) atoms.